The first-order valence-electron chi connectivity index (χ1n) is 11.3. The minimum Gasteiger partial charge on any atom is -0.368 e. The smallest absolute Gasteiger partial charge is 0.264 e. The highest BCUT2D eigenvalue weighted by atomic mass is 35.5. The summed E-state index contributed by atoms with van der Waals surface area (Å²) in [6.45, 7) is 5.61. The Morgan fingerprint density at radius 1 is 0.943 bits per heavy atom. The molecule has 1 aliphatic rings. The number of aryl methyl sites for hydroxylation is 2. The molecule has 0 spiro atoms. The van der Waals surface area contributed by atoms with E-state index in [2.05, 4.69) is 4.90 Å². The van der Waals surface area contributed by atoms with E-state index in [1.807, 2.05) is 32.0 Å². The Morgan fingerprint density at radius 3 is 2.20 bits per heavy atom. The van der Waals surface area contributed by atoms with Crippen molar-refractivity contribution in [3.8, 4) is 0 Å². The molecule has 3 aromatic rings. The highest BCUT2D eigenvalue weighted by Gasteiger charge is 2.30. The summed E-state index contributed by atoms with van der Waals surface area (Å²) in [5.74, 6) is -0.798. The van der Waals surface area contributed by atoms with Gasteiger partial charge in [-0.2, -0.15) is 0 Å². The molecule has 0 aromatic heterocycles. The number of anilines is 2. The van der Waals surface area contributed by atoms with Gasteiger partial charge < -0.3 is 9.80 Å². The van der Waals surface area contributed by atoms with Crippen molar-refractivity contribution in [2.45, 2.75) is 18.7 Å². The molecule has 3 aromatic carbocycles. The lowest BCUT2D eigenvalue weighted by Gasteiger charge is -2.37. The number of carbonyl (C=O) groups is 1. The van der Waals surface area contributed by atoms with Crippen molar-refractivity contribution in [3.63, 3.8) is 0 Å². The fourth-order valence-electron chi connectivity index (χ4n) is 4.10. The Kier molecular flexibility index (Phi) is 7.33. The summed E-state index contributed by atoms with van der Waals surface area (Å²) in [6.07, 6.45) is 0. The third kappa shape index (κ3) is 5.60. The molecule has 1 aliphatic heterocycles. The molecule has 0 unspecified atom stereocenters. The minimum atomic E-state index is -4.04. The highest BCUT2D eigenvalue weighted by Crippen LogP contribution is 2.27. The molecule has 0 saturated carbocycles. The van der Waals surface area contributed by atoms with Crippen LogP contribution in [-0.4, -0.2) is 51.9 Å². The molecule has 35 heavy (non-hydrogen) atoms. The number of hydrogen-bond donors (Lipinski definition) is 0. The Bertz CT molecular complexity index is 1310. The normalized spacial score (nSPS) is 14.2. The van der Waals surface area contributed by atoms with Crippen molar-refractivity contribution in [1.29, 1.82) is 0 Å². The van der Waals surface area contributed by atoms with Crippen LogP contribution in [0.5, 0.6) is 0 Å². The average molecular weight is 516 g/mol. The van der Waals surface area contributed by atoms with E-state index in [0.717, 1.165) is 21.1 Å². The third-order valence-electron chi connectivity index (χ3n) is 6.15. The second kappa shape index (κ2) is 10.3. The Morgan fingerprint density at radius 2 is 1.57 bits per heavy atom. The van der Waals surface area contributed by atoms with Crippen LogP contribution in [0.3, 0.4) is 0 Å². The number of hydrogen-bond acceptors (Lipinski definition) is 4. The zero-order valence-corrected chi connectivity index (χ0v) is 21.2. The lowest BCUT2D eigenvalue weighted by molar-refractivity contribution is -0.129. The second-order valence-electron chi connectivity index (χ2n) is 8.60. The molecule has 9 heteroatoms. The van der Waals surface area contributed by atoms with Gasteiger partial charge in [0.25, 0.3) is 10.0 Å². The van der Waals surface area contributed by atoms with Crippen LogP contribution in [0.25, 0.3) is 0 Å². The molecular weight excluding hydrogens is 489 g/mol. The fraction of sp³-hybridized carbons (Fsp3) is 0.269. The van der Waals surface area contributed by atoms with Crippen LogP contribution in [-0.2, 0) is 14.8 Å². The molecule has 1 heterocycles. The van der Waals surface area contributed by atoms with Crippen molar-refractivity contribution < 1.29 is 17.6 Å². The number of carbonyl (C=O) groups excluding carboxylic acids is 1. The molecule has 184 valence electrons. The van der Waals surface area contributed by atoms with Crippen molar-refractivity contribution in [2.75, 3.05) is 41.9 Å². The topological polar surface area (TPSA) is 60.9 Å². The van der Waals surface area contributed by atoms with Crippen LogP contribution < -0.4 is 9.21 Å². The fourth-order valence-corrected chi connectivity index (χ4v) is 5.68. The van der Waals surface area contributed by atoms with Crippen molar-refractivity contribution in [3.05, 3.63) is 88.7 Å². The van der Waals surface area contributed by atoms with E-state index < -0.39 is 15.8 Å². The number of benzene rings is 3. The first kappa shape index (κ1) is 25.0. The number of amides is 1. The summed E-state index contributed by atoms with van der Waals surface area (Å²) in [6, 6.07) is 17.3. The van der Waals surface area contributed by atoms with Crippen LogP contribution in [0, 0.1) is 19.7 Å². The van der Waals surface area contributed by atoms with Gasteiger partial charge in [-0.3, -0.25) is 9.10 Å². The minimum absolute atomic E-state index is 0.0708. The van der Waals surface area contributed by atoms with Gasteiger partial charge in [-0.05, 0) is 67.9 Å². The molecule has 0 N–H and O–H groups in total. The number of nitrogens with zero attached hydrogens (tertiary/aromatic N) is 3. The summed E-state index contributed by atoms with van der Waals surface area (Å²) >= 11 is 6.17. The highest BCUT2D eigenvalue weighted by molar-refractivity contribution is 7.92. The summed E-state index contributed by atoms with van der Waals surface area (Å²) in [4.78, 5) is 17.2. The predicted octanol–water partition coefficient (Wildman–Crippen LogP) is 4.64. The van der Waals surface area contributed by atoms with E-state index in [9.17, 15) is 17.6 Å². The first-order chi connectivity index (χ1) is 16.6. The lowest BCUT2D eigenvalue weighted by atomic mass is 10.1. The second-order valence-corrected chi connectivity index (χ2v) is 10.9. The van der Waals surface area contributed by atoms with E-state index in [1.54, 1.807) is 17.0 Å². The number of sulfonamides is 1. The predicted molar refractivity (Wildman–Crippen MR) is 137 cm³/mol. The average Bonchev–Trinajstić information content (AvgIpc) is 2.85. The lowest BCUT2D eigenvalue weighted by Crippen LogP contribution is -2.52. The zero-order valence-electron chi connectivity index (χ0n) is 19.6. The SMILES string of the molecule is Cc1ccc(S(=O)(=O)N(CC(=O)N2CCN(c3cc(Cl)ccc3C)CC2)c2ccc(F)cc2)cc1. The summed E-state index contributed by atoms with van der Waals surface area (Å²) in [7, 11) is -4.04. The van der Waals surface area contributed by atoms with Gasteiger partial charge in [-0.25, -0.2) is 12.8 Å². The van der Waals surface area contributed by atoms with E-state index in [0.29, 0.717) is 31.2 Å². The van der Waals surface area contributed by atoms with Crippen LogP contribution in [0.4, 0.5) is 15.8 Å². The Hall–Kier alpha value is -3.10. The van der Waals surface area contributed by atoms with Gasteiger partial charge in [0, 0.05) is 36.9 Å². The van der Waals surface area contributed by atoms with Gasteiger partial charge in [0.2, 0.25) is 5.91 Å². The molecule has 1 saturated heterocycles. The van der Waals surface area contributed by atoms with E-state index in [-0.39, 0.29) is 23.0 Å². The van der Waals surface area contributed by atoms with Crippen LogP contribution in [0.15, 0.2) is 71.6 Å². The molecule has 0 radical (unpaired) electrons. The molecular formula is C26H27ClFN3O3S. The molecule has 4 rings (SSSR count). The summed E-state index contributed by atoms with van der Waals surface area (Å²) in [5, 5.41) is 0.653. The maximum atomic E-state index is 13.5. The monoisotopic (exact) mass is 515 g/mol. The van der Waals surface area contributed by atoms with E-state index >= 15 is 0 Å². The van der Waals surface area contributed by atoms with Gasteiger partial charge in [0.15, 0.2) is 0 Å². The van der Waals surface area contributed by atoms with Crippen LogP contribution in [0.2, 0.25) is 5.02 Å². The standard InChI is InChI=1S/C26H27ClFN3O3S/c1-19-3-11-24(12-4-19)35(33,34)31(23-9-7-22(28)8-10-23)18-26(32)30-15-13-29(14-16-30)25-17-21(27)6-5-20(25)2/h3-12,17H,13-16,18H2,1-2H3. The van der Waals surface area contributed by atoms with Crippen molar-refractivity contribution >= 4 is 38.9 Å². The molecule has 0 aliphatic carbocycles. The van der Waals surface area contributed by atoms with E-state index in [1.165, 1.54) is 36.4 Å². The van der Waals surface area contributed by atoms with Crippen molar-refractivity contribution in [1.82, 2.24) is 4.90 Å². The molecule has 0 bridgehead atoms. The molecule has 1 fully saturated rings. The third-order valence-corrected chi connectivity index (χ3v) is 8.17. The van der Waals surface area contributed by atoms with Gasteiger partial charge in [-0.1, -0.05) is 35.4 Å². The maximum absolute atomic E-state index is 13.5. The van der Waals surface area contributed by atoms with Gasteiger partial charge in [-0.15, -0.1) is 0 Å². The van der Waals surface area contributed by atoms with Crippen molar-refractivity contribution in [2.24, 2.45) is 0 Å². The summed E-state index contributed by atoms with van der Waals surface area (Å²) in [5.41, 5.74) is 3.27. The van der Waals surface area contributed by atoms with E-state index in [4.69, 9.17) is 11.6 Å². The molecule has 6 nitrogen and oxygen atoms in total. The van der Waals surface area contributed by atoms with Crippen LogP contribution in [0.1, 0.15) is 11.1 Å². The molecule has 1 amide bonds. The zero-order chi connectivity index (χ0) is 25.2. The number of halogens is 2. The largest absolute Gasteiger partial charge is 0.368 e. The van der Waals surface area contributed by atoms with Crippen LogP contribution >= 0.6 is 11.6 Å². The number of piperazine rings is 1. The summed E-state index contributed by atoms with van der Waals surface area (Å²) < 4.78 is 41.6. The maximum Gasteiger partial charge on any atom is 0.264 e. The quantitative estimate of drug-likeness (QED) is 0.480. The Balaban J connectivity index is 1.53. The van der Waals surface area contributed by atoms with Gasteiger partial charge >= 0.3 is 0 Å². The Labute approximate surface area is 210 Å². The van der Waals surface area contributed by atoms with Gasteiger partial charge in [0.05, 0.1) is 10.6 Å². The first-order valence-corrected chi connectivity index (χ1v) is 13.1. The van der Waals surface area contributed by atoms with Gasteiger partial charge in [0.1, 0.15) is 12.4 Å². The molecule has 0 atom stereocenters. The number of rotatable bonds is 6.